The molecule has 0 bridgehead atoms. The lowest BCUT2D eigenvalue weighted by atomic mass is 9.90. The summed E-state index contributed by atoms with van der Waals surface area (Å²) in [5.74, 6) is 0. The molecule has 0 amide bonds. The van der Waals surface area contributed by atoms with Gasteiger partial charge in [-0.05, 0) is 129 Å². The minimum Gasteiger partial charge on any atom is -0.378 e. The molecule has 3 nitrogen and oxygen atoms in total. The van der Waals surface area contributed by atoms with E-state index in [9.17, 15) is 0 Å². The number of rotatable bonds is 9. The molecule has 276 valence electrons. The Kier molecular flexibility index (Phi) is 12.1. The van der Waals surface area contributed by atoms with Gasteiger partial charge in [0, 0.05) is 51.7 Å². The van der Waals surface area contributed by atoms with Gasteiger partial charge in [0.2, 0.25) is 0 Å². The van der Waals surface area contributed by atoms with Crippen molar-refractivity contribution in [3.8, 4) is 0 Å². The van der Waals surface area contributed by atoms with Crippen LogP contribution in [0.5, 0.6) is 0 Å². The third-order valence-corrected chi connectivity index (χ3v) is 10.3. The van der Waals surface area contributed by atoms with Crippen molar-refractivity contribution in [1.29, 1.82) is 0 Å². The smallest absolute Gasteiger partial charge is 0.199 e. The van der Waals surface area contributed by atoms with Crippen LogP contribution in [0.2, 0.25) is 0 Å². The molecule has 0 radical (unpaired) electrons. The maximum atomic E-state index is 2.34. The first-order valence-electron chi connectivity index (χ1n) is 19.0. The van der Waals surface area contributed by atoms with E-state index in [1.807, 2.05) is 0 Å². The van der Waals surface area contributed by atoms with Gasteiger partial charge in [0.05, 0.1) is 0 Å². The predicted molar refractivity (Wildman–Crippen MR) is 242 cm³/mol. The number of aryl methyl sites for hydroxylation is 3. The van der Waals surface area contributed by atoms with Crippen molar-refractivity contribution in [2.24, 2.45) is 0 Å². The van der Waals surface area contributed by atoms with E-state index in [0.717, 1.165) is 0 Å². The molecule has 0 spiro atoms. The Morgan fingerprint density at radius 1 is 0.491 bits per heavy atom. The Bertz CT molecular complexity index is 2360. The molecule has 5 aromatic carbocycles. The summed E-state index contributed by atoms with van der Waals surface area (Å²) in [5.41, 5.74) is 16.9. The maximum Gasteiger partial charge on any atom is 0.199 e. The Hall–Kier alpha value is -6.19. The van der Waals surface area contributed by atoms with Crippen LogP contribution in [0.4, 0.5) is 11.4 Å². The molecule has 0 heterocycles. The number of anilines is 2. The fraction of sp³-hybridized carbons (Fsp3) is 0.173. The van der Waals surface area contributed by atoms with Crippen molar-refractivity contribution in [2.45, 2.75) is 20.8 Å². The highest BCUT2D eigenvalue weighted by Crippen LogP contribution is 2.27. The summed E-state index contributed by atoms with van der Waals surface area (Å²) in [6.07, 6.45) is 21.9. The standard InChI is InChI=1S/C52H54N3/c1-37-34-46(25-22-43(37)19-10-40-13-28-49(29-14-40)53(4)5)52(47-26-23-44(38(2)35-47)20-11-41-15-30-50(31-16-41)54(6)7)48-27-24-45(39(3)36-48)21-12-42-17-32-51(33-18-42)55(8)9/h10-36H,1-9H3/q+1. The SMILES string of the molecule is Cc1cc(C(c2ccc(/C=C/c3ccc(N(C)C)cc3)c(C)c2)=c2cc/c(=C\C=C3C=CC(=[N+](C)C)C=C3)c(C)c2)ccc1/C=C/c1ccc(N(C)C)cc1. The highest BCUT2D eigenvalue weighted by atomic mass is 15.1. The quantitative estimate of drug-likeness (QED) is 0.111. The van der Waals surface area contributed by atoms with Crippen LogP contribution in [0.3, 0.4) is 0 Å². The first-order valence-corrected chi connectivity index (χ1v) is 19.0. The Morgan fingerprint density at radius 3 is 1.40 bits per heavy atom. The summed E-state index contributed by atoms with van der Waals surface area (Å²) in [6.45, 7) is 6.64. The van der Waals surface area contributed by atoms with E-state index in [2.05, 4.69) is 241 Å². The molecule has 5 aromatic rings. The van der Waals surface area contributed by atoms with E-state index >= 15 is 0 Å². The van der Waals surface area contributed by atoms with E-state index in [1.165, 1.54) is 88.7 Å². The van der Waals surface area contributed by atoms with Gasteiger partial charge in [-0.3, -0.25) is 0 Å². The van der Waals surface area contributed by atoms with Gasteiger partial charge < -0.3 is 9.80 Å². The summed E-state index contributed by atoms with van der Waals surface area (Å²) >= 11 is 0. The van der Waals surface area contributed by atoms with E-state index in [1.54, 1.807) is 0 Å². The van der Waals surface area contributed by atoms with Crippen molar-refractivity contribution in [1.82, 2.24) is 0 Å². The van der Waals surface area contributed by atoms with Crippen molar-refractivity contribution in [2.75, 3.05) is 52.1 Å². The molecule has 3 heteroatoms. The number of hydrogen-bond acceptors (Lipinski definition) is 2. The van der Waals surface area contributed by atoms with Crippen LogP contribution in [-0.2, 0) is 0 Å². The summed E-state index contributed by atoms with van der Waals surface area (Å²) in [4.78, 5) is 4.25. The molecule has 1 aliphatic rings. The second-order valence-corrected chi connectivity index (χ2v) is 15.0. The lowest BCUT2D eigenvalue weighted by Gasteiger charge is -2.14. The van der Waals surface area contributed by atoms with E-state index in [-0.39, 0.29) is 0 Å². The Labute approximate surface area is 328 Å². The van der Waals surface area contributed by atoms with Gasteiger partial charge in [0.15, 0.2) is 5.71 Å². The third-order valence-electron chi connectivity index (χ3n) is 10.3. The van der Waals surface area contributed by atoms with Gasteiger partial charge in [-0.25, -0.2) is 4.58 Å². The Morgan fingerprint density at radius 2 is 0.982 bits per heavy atom. The van der Waals surface area contributed by atoms with Crippen LogP contribution in [0.25, 0.3) is 36.0 Å². The van der Waals surface area contributed by atoms with Crippen LogP contribution in [-0.4, -0.2) is 52.6 Å². The second-order valence-electron chi connectivity index (χ2n) is 15.0. The van der Waals surface area contributed by atoms with Gasteiger partial charge in [-0.2, -0.15) is 0 Å². The van der Waals surface area contributed by atoms with Gasteiger partial charge in [-0.15, -0.1) is 0 Å². The molecule has 0 fully saturated rings. The normalized spacial score (nSPS) is 12.9. The van der Waals surface area contributed by atoms with Gasteiger partial charge >= 0.3 is 0 Å². The average molecular weight is 721 g/mol. The highest BCUT2D eigenvalue weighted by Gasteiger charge is 2.11. The fourth-order valence-corrected chi connectivity index (χ4v) is 6.76. The monoisotopic (exact) mass is 720 g/mol. The summed E-state index contributed by atoms with van der Waals surface area (Å²) in [7, 11) is 12.4. The van der Waals surface area contributed by atoms with Crippen LogP contribution in [0.15, 0.2) is 139 Å². The van der Waals surface area contributed by atoms with E-state index in [4.69, 9.17) is 0 Å². The number of allylic oxidation sites excluding steroid dienone is 6. The molecule has 0 atom stereocenters. The molecule has 0 saturated heterocycles. The lowest BCUT2D eigenvalue weighted by Crippen LogP contribution is -2.15. The topological polar surface area (TPSA) is 9.49 Å². The van der Waals surface area contributed by atoms with Gasteiger partial charge in [0.1, 0.15) is 14.1 Å². The molecule has 1 aliphatic carbocycles. The molecule has 55 heavy (non-hydrogen) atoms. The van der Waals surface area contributed by atoms with Gasteiger partial charge in [0.25, 0.3) is 0 Å². The molecule has 0 N–H and O–H groups in total. The minimum atomic E-state index is 1.19. The lowest BCUT2D eigenvalue weighted by molar-refractivity contribution is -0.462. The highest BCUT2D eigenvalue weighted by molar-refractivity contribution is 6.02. The number of benzene rings is 5. The predicted octanol–water partition coefficient (Wildman–Crippen LogP) is 9.88. The van der Waals surface area contributed by atoms with Crippen molar-refractivity contribution in [3.05, 3.63) is 200 Å². The number of hydrogen-bond donors (Lipinski definition) is 0. The number of nitrogens with zero attached hydrogens (tertiary/aromatic N) is 3. The molecule has 0 aliphatic heterocycles. The van der Waals surface area contributed by atoms with Crippen molar-refractivity contribution < 1.29 is 4.58 Å². The summed E-state index contributed by atoms with van der Waals surface area (Å²) < 4.78 is 2.12. The van der Waals surface area contributed by atoms with Gasteiger partial charge in [-0.1, -0.05) is 115 Å². The maximum absolute atomic E-state index is 2.34. The molecule has 0 unspecified atom stereocenters. The second kappa shape index (κ2) is 17.3. The molecular weight excluding hydrogens is 667 g/mol. The fourth-order valence-electron chi connectivity index (χ4n) is 6.76. The Balaban J connectivity index is 1.38. The van der Waals surface area contributed by atoms with Crippen molar-refractivity contribution >= 4 is 53.0 Å². The van der Waals surface area contributed by atoms with Crippen LogP contribution < -0.4 is 20.2 Å². The third kappa shape index (κ3) is 9.68. The molecule has 0 aromatic heterocycles. The average Bonchev–Trinajstić information content (AvgIpc) is 3.17. The van der Waals surface area contributed by atoms with Crippen LogP contribution in [0, 0.1) is 20.8 Å². The minimum absolute atomic E-state index is 1.19. The van der Waals surface area contributed by atoms with Crippen LogP contribution in [0.1, 0.15) is 50.1 Å². The zero-order valence-electron chi connectivity index (χ0n) is 33.9. The van der Waals surface area contributed by atoms with E-state index < -0.39 is 0 Å². The van der Waals surface area contributed by atoms with Crippen LogP contribution >= 0.6 is 0 Å². The summed E-state index contributed by atoms with van der Waals surface area (Å²) in [6, 6.07) is 37.9. The molecule has 0 saturated carbocycles. The largest absolute Gasteiger partial charge is 0.378 e. The zero-order valence-corrected chi connectivity index (χ0v) is 33.9. The first kappa shape index (κ1) is 38.5. The zero-order chi connectivity index (χ0) is 39.1. The van der Waals surface area contributed by atoms with Crippen molar-refractivity contribution in [3.63, 3.8) is 0 Å². The molecule has 6 rings (SSSR count). The van der Waals surface area contributed by atoms with E-state index in [0.29, 0.717) is 0 Å². The first-order chi connectivity index (χ1) is 26.4. The summed E-state index contributed by atoms with van der Waals surface area (Å²) in [5, 5.41) is 2.42. The molecular formula is C52H54N3+.